The highest BCUT2D eigenvalue weighted by Gasteiger charge is 2.46. The molecule has 0 spiro atoms. The standard InChI is InChI=1S/C17H16F3N3O4/c18-17(19,20)12-3-1-2-4-14(12)22-16(25)11-8-15(24)21-13-6-5-9(23(26)27)7-10(11)13/h5-8,12,14H,1-4H2,(H,21,24)(H,22,25). The average molecular weight is 383 g/mol. The van der Waals surface area contributed by atoms with Gasteiger partial charge in [0.2, 0.25) is 5.56 Å². The molecule has 0 bridgehead atoms. The lowest BCUT2D eigenvalue weighted by molar-refractivity contribution is -0.384. The largest absolute Gasteiger partial charge is 0.393 e. The molecule has 10 heteroatoms. The molecule has 1 aromatic carbocycles. The van der Waals surface area contributed by atoms with E-state index in [1.54, 1.807) is 0 Å². The van der Waals surface area contributed by atoms with Crippen molar-refractivity contribution in [3.8, 4) is 0 Å². The summed E-state index contributed by atoms with van der Waals surface area (Å²) in [4.78, 5) is 37.2. The van der Waals surface area contributed by atoms with E-state index in [4.69, 9.17) is 0 Å². The number of aromatic amines is 1. The van der Waals surface area contributed by atoms with Crippen molar-refractivity contribution in [2.45, 2.75) is 37.9 Å². The molecular weight excluding hydrogens is 367 g/mol. The number of hydrogen-bond acceptors (Lipinski definition) is 4. The van der Waals surface area contributed by atoms with Gasteiger partial charge in [0, 0.05) is 35.1 Å². The monoisotopic (exact) mass is 383 g/mol. The van der Waals surface area contributed by atoms with Crippen LogP contribution in [0, 0.1) is 16.0 Å². The summed E-state index contributed by atoms with van der Waals surface area (Å²) in [5, 5.41) is 13.4. The van der Waals surface area contributed by atoms with Crippen LogP contribution < -0.4 is 10.9 Å². The minimum absolute atomic E-state index is 0.0734. The first-order valence-electron chi connectivity index (χ1n) is 8.36. The van der Waals surface area contributed by atoms with Gasteiger partial charge >= 0.3 is 6.18 Å². The normalized spacial score (nSPS) is 20.4. The number of amides is 1. The van der Waals surface area contributed by atoms with Crippen LogP contribution in [0.25, 0.3) is 10.9 Å². The molecule has 2 N–H and O–H groups in total. The molecule has 1 amide bonds. The van der Waals surface area contributed by atoms with Gasteiger partial charge in [-0.15, -0.1) is 0 Å². The Morgan fingerprint density at radius 3 is 2.59 bits per heavy atom. The molecule has 1 saturated carbocycles. The van der Waals surface area contributed by atoms with Crippen molar-refractivity contribution in [2.75, 3.05) is 0 Å². The van der Waals surface area contributed by atoms with Crippen LogP contribution in [0.4, 0.5) is 18.9 Å². The Hall–Kier alpha value is -2.91. The third kappa shape index (κ3) is 3.93. The first kappa shape index (κ1) is 18.9. The summed E-state index contributed by atoms with van der Waals surface area (Å²) in [6.45, 7) is 0. The number of aromatic nitrogens is 1. The van der Waals surface area contributed by atoms with Crippen LogP contribution >= 0.6 is 0 Å². The molecule has 1 heterocycles. The maximum Gasteiger partial charge on any atom is 0.393 e. The zero-order valence-corrected chi connectivity index (χ0v) is 14.0. The van der Waals surface area contributed by atoms with E-state index in [0.29, 0.717) is 12.8 Å². The van der Waals surface area contributed by atoms with Crippen LogP contribution in [0.1, 0.15) is 36.0 Å². The van der Waals surface area contributed by atoms with Crippen molar-refractivity contribution in [3.05, 3.63) is 50.3 Å². The van der Waals surface area contributed by atoms with Gasteiger partial charge in [-0.2, -0.15) is 13.2 Å². The molecule has 1 aromatic heterocycles. The molecule has 7 nitrogen and oxygen atoms in total. The third-order valence-electron chi connectivity index (χ3n) is 4.78. The number of nitro groups is 1. The Morgan fingerprint density at radius 2 is 1.93 bits per heavy atom. The Kier molecular flexibility index (Phi) is 4.90. The molecule has 144 valence electrons. The van der Waals surface area contributed by atoms with Crippen molar-refractivity contribution < 1.29 is 22.9 Å². The number of carbonyl (C=O) groups is 1. The van der Waals surface area contributed by atoms with Gasteiger partial charge in [-0.3, -0.25) is 19.7 Å². The fourth-order valence-corrected chi connectivity index (χ4v) is 3.48. The number of benzene rings is 1. The fraction of sp³-hybridized carbons (Fsp3) is 0.412. The van der Waals surface area contributed by atoms with Gasteiger partial charge in [-0.1, -0.05) is 12.8 Å². The van der Waals surface area contributed by atoms with Gasteiger partial charge in [0.15, 0.2) is 0 Å². The molecule has 1 aliphatic rings. The third-order valence-corrected chi connectivity index (χ3v) is 4.78. The summed E-state index contributed by atoms with van der Waals surface area (Å²) < 4.78 is 39.7. The summed E-state index contributed by atoms with van der Waals surface area (Å²) in [7, 11) is 0. The average Bonchev–Trinajstić information content (AvgIpc) is 2.60. The van der Waals surface area contributed by atoms with Gasteiger partial charge in [0.25, 0.3) is 11.6 Å². The number of pyridine rings is 1. The van der Waals surface area contributed by atoms with E-state index in [1.807, 2.05) is 0 Å². The Bertz CT molecular complexity index is 955. The summed E-state index contributed by atoms with van der Waals surface area (Å²) in [5.41, 5.74) is -0.926. The maximum absolute atomic E-state index is 13.2. The Labute approximate surface area is 150 Å². The first-order valence-corrected chi connectivity index (χ1v) is 8.36. The van der Waals surface area contributed by atoms with Crippen molar-refractivity contribution >= 4 is 22.5 Å². The number of carbonyl (C=O) groups excluding carboxylic acids is 1. The zero-order chi connectivity index (χ0) is 19.8. The van der Waals surface area contributed by atoms with Gasteiger partial charge in [-0.05, 0) is 18.9 Å². The Balaban J connectivity index is 1.98. The predicted octanol–water partition coefficient (Wildman–Crippen LogP) is 3.29. The lowest BCUT2D eigenvalue weighted by atomic mass is 9.84. The topological polar surface area (TPSA) is 105 Å². The van der Waals surface area contributed by atoms with Gasteiger partial charge < -0.3 is 10.3 Å². The maximum atomic E-state index is 13.2. The second-order valence-electron chi connectivity index (χ2n) is 6.55. The highest BCUT2D eigenvalue weighted by Crippen LogP contribution is 2.38. The molecule has 0 aliphatic heterocycles. The Morgan fingerprint density at radius 1 is 1.22 bits per heavy atom. The number of non-ortho nitro benzene ring substituents is 1. The van der Waals surface area contributed by atoms with E-state index in [1.165, 1.54) is 12.1 Å². The second kappa shape index (κ2) is 7.01. The summed E-state index contributed by atoms with van der Waals surface area (Å²) in [6, 6.07) is 3.40. The van der Waals surface area contributed by atoms with E-state index in [-0.39, 0.29) is 35.0 Å². The van der Waals surface area contributed by atoms with Crippen LogP contribution in [0.15, 0.2) is 29.1 Å². The van der Waals surface area contributed by atoms with Crippen LogP contribution in [-0.2, 0) is 0 Å². The number of nitro benzene ring substituents is 1. The number of hydrogen-bond donors (Lipinski definition) is 2. The minimum atomic E-state index is -4.44. The molecule has 2 atom stereocenters. The highest BCUT2D eigenvalue weighted by molar-refractivity contribution is 6.06. The summed E-state index contributed by atoms with van der Waals surface area (Å²) >= 11 is 0. The lowest BCUT2D eigenvalue weighted by Gasteiger charge is -2.33. The van der Waals surface area contributed by atoms with Gasteiger partial charge in [-0.25, -0.2) is 0 Å². The molecule has 2 aromatic rings. The predicted molar refractivity (Wildman–Crippen MR) is 90.5 cm³/mol. The van der Waals surface area contributed by atoms with Crippen molar-refractivity contribution in [1.29, 1.82) is 0 Å². The smallest absolute Gasteiger partial charge is 0.349 e. The quantitative estimate of drug-likeness (QED) is 0.627. The minimum Gasteiger partial charge on any atom is -0.349 e. The van der Waals surface area contributed by atoms with Gasteiger partial charge in [0.05, 0.1) is 16.4 Å². The SMILES string of the molecule is O=C(NC1CCCCC1C(F)(F)F)c1cc(=O)[nH]c2ccc([N+](=O)[O-])cc12. The summed E-state index contributed by atoms with van der Waals surface area (Å²) in [6.07, 6.45) is -3.35. The lowest BCUT2D eigenvalue weighted by Crippen LogP contribution is -2.47. The van der Waals surface area contributed by atoms with Crippen molar-refractivity contribution in [3.63, 3.8) is 0 Å². The number of alkyl halides is 3. The number of nitrogens with zero attached hydrogens (tertiary/aromatic N) is 1. The van der Waals surface area contributed by atoms with Gasteiger partial charge in [0.1, 0.15) is 0 Å². The number of halogens is 3. The molecular formula is C17H16F3N3O4. The first-order chi connectivity index (χ1) is 12.7. The van der Waals surface area contributed by atoms with E-state index in [2.05, 4.69) is 10.3 Å². The van der Waals surface area contributed by atoms with E-state index < -0.39 is 34.5 Å². The number of rotatable bonds is 3. The van der Waals surface area contributed by atoms with Crippen LogP contribution in [0.3, 0.4) is 0 Å². The van der Waals surface area contributed by atoms with E-state index >= 15 is 0 Å². The van der Waals surface area contributed by atoms with E-state index in [0.717, 1.165) is 12.1 Å². The summed E-state index contributed by atoms with van der Waals surface area (Å²) in [5.74, 6) is -2.51. The molecule has 0 saturated heterocycles. The number of nitrogens with one attached hydrogen (secondary N) is 2. The molecule has 1 fully saturated rings. The van der Waals surface area contributed by atoms with Crippen LogP contribution in [0.5, 0.6) is 0 Å². The molecule has 27 heavy (non-hydrogen) atoms. The van der Waals surface area contributed by atoms with Crippen LogP contribution in [0.2, 0.25) is 0 Å². The molecule has 3 rings (SSSR count). The molecule has 0 radical (unpaired) electrons. The molecule has 1 aliphatic carbocycles. The fourth-order valence-electron chi connectivity index (χ4n) is 3.48. The highest BCUT2D eigenvalue weighted by atomic mass is 19.4. The molecule has 2 unspecified atom stereocenters. The van der Waals surface area contributed by atoms with Crippen molar-refractivity contribution in [1.82, 2.24) is 10.3 Å². The van der Waals surface area contributed by atoms with E-state index in [9.17, 15) is 32.9 Å². The number of H-pyrrole nitrogens is 1. The van der Waals surface area contributed by atoms with Crippen molar-refractivity contribution in [2.24, 2.45) is 5.92 Å². The van der Waals surface area contributed by atoms with Crippen LogP contribution in [-0.4, -0.2) is 28.0 Å². The zero-order valence-electron chi connectivity index (χ0n) is 14.0. The number of fused-ring (bicyclic) bond motifs is 1. The second-order valence-corrected chi connectivity index (χ2v) is 6.55.